The number of morpholine rings is 1. The Morgan fingerprint density at radius 1 is 0.848 bits per heavy atom. The van der Waals surface area contributed by atoms with E-state index in [1.54, 1.807) is 7.11 Å². The molecule has 1 aliphatic rings. The summed E-state index contributed by atoms with van der Waals surface area (Å²) in [7, 11) is 1.71. The summed E-state index contributed by atoms with van der Waals surface area (Å²) >= 11 is 0. The molecule has 0 bridgehead atoms. The highest BCUT2D eigenvalue weighted by Gasteiger charge is 2.23. The molecule has 33 heavy (non-hydrogen) atoms. The van der Waals surface area contributed by atoms with Gasteiger partial charge in [-0.2, -0.15) is 0 Å². The molecule has 0 spiro atoms. The number of fused-ring (bicyclic) bond motifs is 1. The lowest BCUT2D eigenvalue weighted by Gasteiger charge is -2.36. The van der Waals surface area contributed by atoms with Crippen molar-refractivity contribution >= 4 is 16.7 Å². The number of hydrogen-bond acceptors (Lipinski definition) is 6. The van der Waals surface area contributed by atoms with Crippen LogP contribution in [0, 0.1) is 6.92 Å². The highest BCUT2D eigenvalue weighted by molar-refractivity contribution is 6.00. The number of rotatable bonds is 4. The number of ether oxygens (including phenoxy) is 2. The highest BCUT2D eigenvalue weighted by Crippen LogP contribution is 2.38. The van der Waals surface area contributed by atoms with Crippen molar-refractivity contribution in [3.05, 3.63) is 66.7 Å². The van der Waals surface area contributed by atoms with E-state index in [9.17, 15) is 0 Å². The minimum Gasteiger partial charge on any atom is -0.495 e. The van der Waals surface area contributed by atoms with Crippen molar-refractivity contribution in [2.45, 2.75) is 33.0 Å². The molecule has 6 nitrogen and oxygen atoms in total. The number of anilines is 1. The minimum absolute atomic E-state index is 0.193. The first-order valence-corrected chi connectivity index (χ1v) is 11.3. The Bertz CT molecular complexity index is 1260. The third-order valence-electron chi connectivity index (χ3n) is 6.08. The molecule has 1 aromatic carbocycles. The molecule has 168 valence electrons. The van der Waals surface area contributed by atoms with Crippen molar-refractivity contribution in [3.8, 4) is 28.0 Å². The molecule has 1 aliphatic heterocycles. The van der Waals surface area contributed by atoms with Gasteiger partial charge in [-0.25, -0.2) is 4.98 Å². The van der Waals surface area contributed by atoms with Crippen LogP contribution in [0.5, 0.6) is 5.75 Å². The van der Waals surface area contributed by atoms with Crippen LogP contribution in [0.1, 0.15) is 19.5 Å². The Morgan fingerprint density at radius 2 is 1.58 bits per heavy atom. The van der Waals surface area contributed by atoms with Crippen molar-refractivity contribution in [2.75, 3.05) is 25.1 Å². The van der Waals surface area contributed by atoms with Gasteiger partial charge in [-0.05, 0) is 45.0 Å². The van der Waals surface area contributed by atoms with Crippen LogP contribution in [0.25, 0.3) is 33.2 Å². The molecule has 0 amide bonds. The van der Waals surface area contributed by atoms with Crippen LogP contribution in [0.3, 0.4) is 0 Å². The summed E-state index contributed by atoms with van der Waals surface area (Å²) in [6.07, 6.45) is 6.05. The third-order valence-corrected chi connectivity index (χ3v) is 6.08. The zero-order valence-corrected chi connectivity index (χ0v) is 19.4. The molecule has 0 aliphatic carbocycles. The number of benzene rings is 1. The average molecular weight is 441 g/mol. The van der Waals surface area contributed by atoms with Gasteiger partial charge in [0.25, 0.3) is 0 Å². The molecule has 0 saturated carbocycles. The van der Waals surface area contributed by atoms with Gasteiger partial charge < -0.3 is 14.4 Å². The van der Waals surface area contributed by atoms with Gasteiger partial charge in [0.2, 0.25) is 0 Å². The maximum atomic E-state index is 5.89. The van der Waals surface area contributed by atoms with E-state index in [4.69, 9.17) is 19.4 Å². The van der Waals surface area contributed by atoms with Gasteiger partial charge in [-0.3, -0.25) is 9.97 Å². The zero-order valence-electron chi connectivity index (χ0n) is 19.4. The van der Waals surface area contributed by atoms with E-state index >= 15 is 0 Å². The van der Waals surface area contributed by atoms with Crippen LogP contribution in [-0.4, -0.2) is 47.4 Å². The predicted octanol–water partition coefficient (Wildman–Crippen LogP) is 5.29. The summed E-state index contributed by atoms with van der Waals surface area (Å²) in [5.74, 6) is 1.76. The standard InChI is InChI=1S/C27H28N4O2/c1-17-8-9-20(12-28-17)22-6-5-7-23-26(22)30-14-24(27(23)32-4)21-10-11-25(29-13-21)31-15-18(2)33-19(3)16-31/h5-14,18-19H,15-16H2,1-4H3/t18-,19+. The van der Waals surface area contributed by atoms with E-state index in [1.807, 2.05) is 43.7 Å². The largest absolute Gasteiger partial charge is 0.495 e. The number of methoxy groups -OCH3 is 1. The Labute approximate surface area is 194 Å². The summed E-state index contributed by atoms with van der Waals surface area (Å²) in [5.41, 5.74) is 5.85. The number of para-hydroxylation sites is 1. The van der Waals surface area contributed by atoms with Gasteiger partial charge in [0.1, 0.15) is 11.6 Å². The lowest BCUT2D eigenvalue weighted by atomic mass is 10.00. The molecule has 2 atom stereocenters. The fraction of sp³-hybridized carbons (Fsp3) is 0.296. The maximum absolute atomic E-state index is 5.89. The summed E-state index contributed by atoms with van der Waals surface area (Å²) in [6, 6.07) is 14.4. The van der Waals surface area contributed by atoms with Gasteiger partial charge in [-0.15, -0.1) is 0 Å². The van der Waals surface area contributed by atoms with Crippen LogP contribution in [0.15, 0.2) is 61.1 Å². The first kappa shape index (κ1) is 21.3. The fourth-order valence-corrected chi connectivity index (χ4v) is 4.58. The molecule has 0 N–H and O–H groups in total. The second-order valence-corrected chi connectivity index (χ2v) is 8.66. The molecule has 3 aromatic heterocycles. The van der Waals surface area contributed by atoms with Gasteiger partial charge in [0.15, 0.2) is 0 Å². The molecule has 4 heterocycles. The van der Waals surface area contributed by atoms with Crippen LogP contribution in [0.4, 0.5) is 5.82 Å². The molecule has 1 fully saturated rings. The SMILES string of the molecule is COc1c(-c2ccc(N3C[C@@H](C)O[C@@H](C)C3)nc2)cnc2c(-c3ccc(C)nc3)cccc12. The van der Waals surface area contributed by atoms with Crippen molar-refractivity contribution < 1.29 is 9.47 Å². The number of pyridine rings is 3. The molecule has 1 saturated heterocycles. The molecule has 4 aromatic rings. The molecule has 6 heteroatoms. The van der Waals surface area contributed by atoms with Crippen molar-refractivity contribution in [2.24, 2.45) is 0 Å². The Morgan fingerprint density at radius 3 is 2.24 bits per heavy atom. The number of nitrogens with zero attached hydrogens (tertiary/aromatic N) is 4. The molecule has 5 rings (SSSR count). The second kappa shape index (κ2) is 8.79. The zero-order chi connectivity index (χ0) is 22.9. The third kappa shape index (κ3) is 4.14. The summed E-state index contributed by atoms with van der Waals surface area (Å²) in [6.45, 7) is 7.87. The number of aryl methyl sites for hydroxylation is 1. The lowest BCUT2D eigenvalue weighted by Crippen LogP contribution is -2.45. The van der Waals surface area contributed by atoms with Crippen molar-refractivity contribution in [3.63, 3.8) is 0 Å². The molecule has 0 unspecified atom stereocenters. The fourth-order valence-electron chi connectivity index (χ4n) is 4.58. The normalized spacial score (nSPS) is 18.5. The number of hydrogen-bond donors (Lipinski definition) is 0. The maximum Gasteiger partial charge on any atom is 0.137 e. The van der Waals surface area contributed by atoms with E-state index in [2.05, 4.69) is 48.0 Å². The Balaban J connectivity index is 1.53. The van der Waals surface area contributed by atoms with E-state index in [0.29, 0.717) is 0 Å². The summed E-state index contributed by atoms with van der Waals surface area (Å²) < 4.78 is 11.7. The summed E-state index contributed by atoms with van der Waals surface area (Å²) in [4.78, 5) is 16.3. The first-order valence-electron chi connectivity index (χ1n) is 11.3. The Kier molecular flexibility index (Phi) is 5.68. The van der Waals surface area contributed by atoms with Crippen LogP contribution in [-0.2, 0) is 4.74 Å². The van der Waals surface area contributed by atoms with Gasteiger partial charge in [0.05, 0.1) is 24.8 Å². The number of aromatic nitrogens is 3. The van der Waals surface area contributed by atoms with Gasteiger partial charge >= 0.3 is 0 Å². The van der Waals surface area contributed by atoms with Crippen molar-refractivity contribution in [1.82, 2.24) is 15.0 Å². The highest BCUT2D eigenvalue weighted by atomic mass is 16.5. The van der Waals surface area contributed by atoms with Crippen LogP contribution in [0.2, 0.25) is 0 Å². The van der Waals surface area contributed by atoms with Gasteiger partial charge in [0, 0.05) is 65.0 Å². The topological polar surface area (TPSA) is 60.4 Å². The Hall–Kier alpha value is -3.51. The smallest absolute Gasteiger partial charge is 0.137 e. The predicted molar refractivity (Wildman–Crippen MR) is 132 cm³/mol. The van der Waals surface area contributed by atoms with Crippen molar-refractivity contribution in [1.29, 1.82) is 0 Å². The average Bonchev–Trinajstić information content (AvgIpc) is 2.83. The molecule has 0 radical (unpaired) electrons. The van der Waals surface area contributed by atoms with E-state index in [1.165, 1.54) is 0 Å². The van der Waals surface area contributed by atoms with Crippen LogP contribution < -0.4 is 9.64 Å². The minimum atomic E-state index is 0.193. The first-order chi connectivity index (χ1) is 16.0. The second-order valence-electron chi connectivity index (χ2n) is 8.66. The molecular formula is C27H28N4O2. The van der Waals surface area contributed by atoms with E-state index in [0.717, 1.165) is 63.5 Å². The lowest BCUT2D eigenvalue weighted by molar-refractivity contribution is -0.00545. The summed E-state index contributed by atoms with van der Waals surface area (Å²) in [5, 5.41) is 0.966. The van der Waals surface area contributed by atoms with Crippen LogP contribution >= 0.6 is 0 Å². The molecular weight excluding hydrogens is 412 g/mol. The van der Waals surface area contributed by atoms with E-state index < -0.39 is 0 Å². The van der Waals surface area contributed by atoms with E-state index in [-0.39, 0.29) is 12.2 Å². The van der Waals surface area contributed by atoms with Gasteiger partial charge in [-0.1, -0.05) is 18.2 Å². The quantitative estimate of drug-likeness (QED) is 0.430. The monoisotopic (exact) mass is 440 g/mol.